The molecule has 0 aromatic heterocycles. The van der Waals surface area contributed by atoms with Gasteiger partial charge in [-0.2, -0.15) is 0 Å². The first kappa shape index (κ1) is 46.1. The number of hydrogen-bond donors (Lipinski definition) is 3. The summed E-state index contributed by atoms with van der Waals surface area (Å²) in [6, 6.07) is -0.645. The van der Waals surface area contributed by atoms with Crippen molar-refractivity contribution in [1.29, 1.82) is 0 Å². The number of rotatable bonds is 36. The number of aliphatic hydroxyl groups excluding tert-OH is 2. The second kappa shape index (κ2) is 39.5. The third kappa shape index (κ3) is 35.4. The van der Waals surface area contributed by atoms with Crippen molar-refractivity contribution in [1.82, 2.24) is 5.32 Å². The van der Waals surface area contributed by atoms with Gasteiger partial charge in [0.25, 0.3) is 0 Å². The molecule has 48 heavy (non-hydrogen) atoms. The monoisotopic (exact) mass is 670 g/mol. The molecule has 0 aliphatic rings. The largest absolute Gasteiger partial charge is 0.394 e. The quantitative estimate of drug-likeness (QED) is 0.0459. The highest BCUT2D eigenvalue weighted by molar-refractivity contribution is 5.76. The van der Waals surface area contributed by atoms with Gasteiger partial charge >= 0.3 is 0 Å². The number of hydrogen-bond acceptors (Lipinski definition) is 3. The van der Waals surface area contributed by atoms with Crippen LogP contribution < -0.4 is 5.32 Å². The van der Waals surface area contributed by atoms with Crippen LogP contribution in [0.4, 0.5) is 0 Å². The standard InChI is InChI=1S/C44H79NO3/c1-3-5-7-9-11-13-15-17-19-20-21-22-23-24-26-28-30-32-34-36-38-40-44(48)45-42(41-46)43(47)39-37-35-33-31-29-27-25-18-16-14-12-10-8-6-4-2/h5,7,11,13,16,18,29,31,37,39,42-43,46-47H,3-4,6,8-10,12,14-15,17,19-28,30,32-36,38,40-41H2,1-2H3,(H,45,48)/b7-5-,13-11-,18-16+,31-29+,39-37+. The van der Waals surface area contributed by atoms with E-state index in [0.29, 0.717) is 6.42 Å². The molecule has 0 rings (SSSR count). The maximum absolute atomic E-state index is 12.4. The topological polar surface area (TPSA) is 69.6 Å². The van der Waals surface area contributed by atoms with Crippen LogP contribution in [0.3, 0.4) is 0 Å². The number of allylic oxidation sites excluding steroid dienone is 9. The second-order valence-electron chi connectivity index (χ2n) is 13.7. The average Bonchev–Trinajstić information content (AvgIpc) is 3.09. The Bertz CT molecular complexity index is 812. The zero-order chi connectivity index (χ0) is 35.0. The van der Waals surface area contributed by atoms with Gasteiger partial charge < -0.3 is 15.5 Å². The van der Waals surface area contributed by atoms with E-state index in [1.165, 1.54) is 122 Å². The minimum atomic E-state index is -0.870. The van der Waals surface area contributed by atoms with E-state index in [1.807, 2.05) is 6.08 Å². The lowest BCUT2D eigenvalue weighted by Gasteiger charge is -2.19. The van der Waals surface area contributed by atoms with Crippen LogP contribution in [0.15, 0.2) is 60.8 Å². The summed E-state index contributed by atoms with van der Waals surface area (Å²) < 4.78 is 0. The second-order valence-corrected chi connectivity index (χ2v) is 13.7. The molecule has 0 saturated carbocycles. The summed E-state index contributed by atoms with van der Waals surface area (Å²) in [4.78, 5) is 12.4. The minimum Gasteiger partial charge on any atom is -0.394 e. The highest BCUT2D eigenvalue weighted by Crippen LogP contribution is 2.14. The molecule has 0 aliphatic carbocycles. The normalized spacial score (nSPS) is 13.7. The van der Waals surface area contributed by atoms with Gasteiger partial charge in [-0.3, -0.25) is 4.79 Å². The Morgan fingerprint density at radius 1 is 0.521 bits per heavy atom. The highest BCUT2D eigenvalue weighted by atomic mass is 16.3. The number of carbonyl (C=O) groups is 1. The summed E-state index contributed by atoms with van der Waals surface area (Å²) >= 11 is 0. The smallest absolute Gasteiger partial charge is 0.220 e. The van der Waals surface area contributed by atoms with E-state index in [2.05, 4.69) is 67.8 Å². The van der Waals surface area contributed by atoms with Gasteiger partial charge in [0.1, 0.15) is 0 Å². The van der Waals surface area contributed by atoms with E-state index in [0.717, 1.165) is 51.4 Å². The van der Waals surface area contributed by atoms with Gasteiger partial charge in [-0.15, -0.1) is 0 Å². The van der Waals surface area contributed by atoms with Crippen LogP contribution in [0, 0.1) is 0 Å². The molecule has 0 bridgehead atoms. The molecule has 278 valence electrons. The summed E-state index contributed by atoms with van der Waals surface area (Å²) in [6.07, 6.45) is 54.6. The molecule has 0 saturated heterocycles. The molecule has 4 nitrogen and oxygen atoms in total. The molecule has 0 aromatic carbocycles. The van der Waals surface area contributed by atoms with Gasteiger partial charge in [-0.05, 0) is 70.6 Å². The van der Waals surface area contributed by atoms with Gasteiger partial charge in [0.2, 0.25) is 5.91 Å². The third-order valence-electron chi connectivity index (χ3n) is 8.96. The molecule has 2 atom stereocenters. The number of carbonyl (C=O) groups excluding carboxylic acids is 1. The van der Waals surface area contributed by atoms with Crippen LogP contribution in [0.1, 0.15) is 194 Å². The molecule has 0 heterocycles. The number of unbranched alkanes of at least 4 members (excludes halogenated alkanes) is 21. The summed E-state index contributed by atoms with van der Waals surface area (Å²) in [5.74, 6) is -0.0812. The molecule has 4 heteroatoms. The Hall–Kier alpha value is -1.91. The van der Waals surface area contributed by atoms with Crippen molar-refractivity contribution in [3.8, 4) is 0 Å². The first-order chi connectivity index (χ1) is 23.7. The molecule has 0 aliphatic heterocycles. The molecular weight excluding hydrogens is 590 g/mol. The Labute approximate surface area is 298 Å². The van der Waals surface area contributed by atoms with Gasteiger partial charge in [0.15, 0.2) is 0 Å². The van der Waals surface area contributed by atoms with Crippen molar-refractivity contribution >= 4 is 5.91 Å². The molecular formula is C44H79NO3. The number of aliphatic hydroxyl groups is 2. The number of nitrogens with one attached hydrogen (secondary N) is 1. The van der Waals surface area contributed by atoms with Crippen LogP contribution in [0.25, 0.3) is 0 Å². The van der Waals surface area contributed by atoms with Crippen LogP contribution in [0.5, 0.6) is 0 Å². The predicted molar refractivity (Wildman–Crippen MR) is 211 cm³/mol. The van der Waals surface area contributed by atoms with E-state index in [9.17, 15) is 15.0 Å². The average molecular weight is 670 g/mol. The van der Waals surface area contributed by atoms with Crippen molar-refractivity contribution in [2.45, 2.75) is 206 Å². The van der Waals surface area contributed by atoms with Crippen molar-refractivity contribution in [2.75, 3.05) is 6.61 Å². The van der Waals surface area contributed by atoms with E-state index in [-0.39, 0.29) is 12.5 Å². The lowest BCUT2D eigenvalue weighted by Crippen LogP contribution is -2.45. The lowest BCUT2D eigenvalue weighted by molar-refractivity contribution is -0.123. The molecule has 0 radical (unpaired) electrons. The fraction of sp³-hybridized carbons (Fsp3) is 0.750. The first-order valence-electron chi connectivity index (χ1n) is 20.5. The van der Waals surface area contributed by atoms with Gasteiger partial charge in [-0.25, -0.2) is 0 Å². The fourth-order valence-electron chi connectivity index (χ4n) is 5.83. The first-order valence-corrected chi connectivity index (χ1v) is 20.5. The maximum atomic E-state index is 12.4. The molecule has 0 aromatic rings. The van der Waals surface area contributed by atoms with Gasteiger partial charge in [0.05, 0.1) is 18.8 Å². The van der Waals surface area contributed by atoms with Crippen molar-refractivity contribution in [3.63, 3.8) is 0 Å². The number of amides is 1. The SMILES string of the molecule is CC/C=C\C/C=C\CCCCCCCCCCCCCCCCC(=O)NC(CO)C(O)/C=C/CC/C=C/CC/C=C/CCCCCCC. The predicted octanol–water partition coefficient (Wildman–Crippen LogP) is 12.6. The molecule has 1 amide bonds. The summed E-state index contributed by atoms with van der Waals surface area (Å²) in [5.41, 5.74) is 0. The van der Waals surface area contributed by atoms with Crippen LogP contribution >= 0.6 is 0 Å². The van der Waals surface area contributed by atoms with E-state index in [1.54, 1.807) is 6.08 Å². The summed E-state index contributed by atoms with van der Waals surface area (Å²) in [6.45, 7) is 4.17. The summed E-state index contributed by atoms with van der Waals surface area (Å²) in [5, 5.41) is 22.9. The fourth-order valence-corrected chi connectivity index (χ4v) is 5.83. The van der Waals surface area contributed by atoms with Crippen molar-refractivity contribution < 1.29 is 15.0 Å². The zero-order valence-corrected chi connectivity index (χ0v) is 31.7. The van der Waals surface area contributed by atoms with Crippen LogP contribution in [-0.4, -0.2) is 34.9 Å². The Morgan fingerprint density at radius 2 is 0.938 bits per heavy atom. The van der Waals surface area contributed by atoms with E-state index in [4.69, 9.17) is 0 Å². The third-order valence-corrected chi connectivity index (χ3v) is 8.96. The Kier molecular flexibility index (Phi) is 38.0. The van der Waals surface area contributed by atoms with Gasteiger partial charge in [-0.1, -0.05) is 177 Å². The Morgan fingerprint density at radius 3 is 1.44 bits per heavy atom. The van der Waals surface area contributed by atoms with Crippen LogP contribution in [0.2, 0.25) is 0 Å². The van der Waals surface area contributed by atoms with Crippen molar-refractivity contribution in [3.05, 3.63) is 60.8 Å². The Balaban J connectivity index is 3.63. The van der Waals surface area contributed by atoms with Crippen molar-refractivity contribution in [2.24, 2.45) is 0 Å². The summed E-state index contributed by atoms with van der Waals surface area (Å²) in [7, 11) is 0. The highest BCUT2D eigenvalue weighted by Gasteiger charge is 2.17. The molecule has 3 N–H and O–H groups in total. The van der Waals surface area contributed by atoms with E-state index >= 15 is 0 Å². The molecule has 2 unspecified atom stereocenters. The van der Waals surface area contributed by atoms with Crippen LogP contribution in [-0.2, 0) is 4.79 Å². The van der Waals surface area contributed by atoms with E-state index < -0.39 is 12.1 Å². The zero-order valence-electron chi connectivity index (χ0n) is 31.7. The maximum Gasteiger partial charge on any atom is 0.220 e. The lowest BCUT2D eigenvalue weighted by atomic mass is 10.0. The minimum absolute atomic E-state index is 0.0812. The molecule has 0 spiro atoms. The van der Waals surface area contributed by atoms with Gasteiger partial charge in [0, 0.05) is 6.42 Å². The molecule has 0 fully saturated rings.